The topological polar surface area (TPSA) is 49.9 Å². The second-order valence-corrected chi connectivity index (χ2v) is 7.42. The van der Waals surface area contributed by atoms with Crippen LogP contribution in [0.3, 0.4) is 0 Å². The van der Waals surface area contributed by atoms with Crippen LogP contribution in [0.25, 0.3) is 0 Å². The molecule has 27 heavy (non-hydrogen) atoms. The van der Waals surface area contributed by atoms with Crippen molar-refractivity contribution in [3.05, 3.63) is 60.2 Å². The Morgan fingerprint density at radius 2 is 1.48 bits per heavy atom. The summed E-state index contributed by atoms with van der Waals surface area (Å²) in [5, 5.41) is 0. The number of para-hydroxylation sites is 1. The van der Waals surface area contributed by atoms with Crippen LogP contribution in [-0.2, 0) is 15.3 Å². The molecule has 5 nitrogen and oxygen atoms in total. The Morgan fingerprint density at radius 1 is 0.889 bits per heavy atom. The van der Waals surface area contributed by atoms with Gasteiger partial charge in [0.2, 0.25) is 11.8 Å². The zero-order valence-corrected chi connectivity index (χ0v) is 16.3. The average Bonchev–Trinajstić information content (AvgIpc) is 2.70. The van der Waals surface area contributed by atoms with Crippen molar-refractivity contribution in [1.29, 1.82) is 0 Å². The lowest BCUT2D eigenvalue weighted by Crippen LogP contribution is -2.50. The highest BCUT2D eigenvalue weighted by molar-refractivity contribution is 7.99. The van der Waals surface area contributed by atoms with Gasteiger partial charge in [-0.1, -0.05) is 30.3 Å². The summed E-state index contributed by atoms with van der Waals surface area (Å²) in [7, 11) is 0. The summed E-state index contributed by atoms with van der Waals surface area (Å²) < 4.78 is 5.79. The number of ether oxygens (including phenoxy) is 1. The molecule has 0 N–H and O–H groups in total. The minimum atomic E-state index is 0.0798. The number of benzene rings is 2. The van der Waals surface area contributed by atoms with E-state index in [-0.39, 0.29) is 11.8 Å². The molecule has 1 aliphatic rings. The molecule has 1 saturated heterocycles. The molecule has 2 aromatic rings. The lowest BCUT2D eigenvalue weighted by atomic mass is 10.2. The molecule has 2 amide bonds. The van der Waals surface area contributed by atoms with E-state index in [1.165, 1.54) is 0 Å². The van der Waals surface area contributed by atoms with Crippen molar-refractivity contribution in [3.8, 4) is 11.5 Å². The molecule has 1 heterocycles. The van der Waals surface area contributed by atoms with Crippen LogP contribution in [0.15, 0.2) is 54.6 Å². The van der Waals surface area contributed by atoms with Crippen LogP contribution < -0.4 is 4.74 Å². The molecule has 0 bridgehead atoms. The highest BCUT2D eigenvalue weighted by Gasteiger charge is 2.21. The van der Waals surface area contributed by atoms with Crippen LogP contribution in [0.5, 0.6) is 11.5 Å². The molecule has 6 heteroatoms. The molecule has 0 saturated carbocycles. The quantitative estimate of drug-likeness (QED) is 0.766. The van der Waals surface area contributed by atoms with Gasteiger partial charge in [-0.15, -0.1) is 11.8 Å². The maximum absolute atomic E-state index is 12.3. The van der Waals surface area contributed by atoms with Gasteiger partial charge in [0, 0.05) is 38.9 Å². The summed E-state index contributed by atoms with van der Waals surface area (Å²) in [5.74, 6) is 3.08. The normalized spacial score (nSPS) is 14.1. The summed E-state index contributed by atoms with van der Waals surface area (Å²) in [6.45, 7) is 4.10. The fourth-order valence-electron chi connectivity index (χ4n) is 2.90. The molecule has 0 atom stereocenters. The third-order valence-electron chi connectivity index (χ3n) is 4.47. The molecule has 0 spiro atoms. The van der Waals surface area contributed by atoms with Gasteiger partial charge in [0.15, 0.2) is 0 Å². The third-order valence-corrected chi connectivity index (χ3v) is 5.46. The van der Waals surface area contributed by atoms with Gasteiger partial charge in [-0.2, -0.15) is 0 Å². The van der Waals surface area contributed by atoms with E-state index < -0.39 is 0 Å². The Kier molecular flexibility index (Phi) is 6.76. The van der Waals surface area contributed by atoms with E-state index >= 15 is 0 Å². The van der Waals surface area contributed by atoms with Crippen molar-refractivity contribution in [2.24, 2.45) is 0 Å². The second-order valence-electron chi connectivity index (χ2n) is 6.44. The monoisotopic (exact) mass is 384 g/mol. The lowest BCUT2D eigenvalue weighted by Gasteiger charge is -2.34. The number of hydrogen-bond donors (Lipinski definition) is 0. The van der Waals surface area contributed by atoms with E-state index in [0.29, 0.717) is 31.9 Å². The van der Waals surface area contributed by atoms with Crippen molar-refractivity contribution in [2.75, 3.05) is 31.9 Å². The van der Waals surface area contributed by atoms with Crippen molar-refractivity contribution < 1.29 is 14.3 Å². The Morgan fingerprint density at radius 3 is 2.11 bits per heavy atom. The number of nitrogens with zero attached hydrogens (tertiary/aromatic N) is 2. The number of rotatable bonds is 6. The van der Waals surface area contributed by atoms with E-state index in [1.807, 2.05) is 59.5 Å². The van der Waals surface area contributed by atoms with Crippen molar-refractivity contribution in [2.45, 2.75) is 12.7 Å². The molecule has 1 aliphatic heterocycles. The zero-order valence-electron chi connectivity index (χ0n) is 15.5. The van der Waals surface area contributed by atoms with E-state index in [9.17, 15) is 9.59 Å². The fraction of sp³-hybridized carbons (Fsp3) is 0.333. The Balaban J connectivity index is 1.40. The first-order valence-corrected chi connectivity index (χ1v) is 10.2. The minimum Gasteiger partial charge on any atom is -0.457 e. The maximum Gasteiger partial charge on any atom is 0.232 e. The van der Waals surface area contributed by atoms with Gasteiger partial charge < -0.3 is 14.5 Å². The summed E-state index contributed by atoms with van der Waals surface area (Å²) in [5.41, 5.74) is 1.16. The molecule has 142 valence electrons. The van der Waals surface area contributed by atoms with E-state index in [2.05, 4.69) is 0 Å². The van der Waals surface area contributed by atoms with Crippen LogP contribution in [0.2, 0.25) is 0 Å². The van der Waals surface area contributed by atoms with E-state index in [0.717, 1.165) is 22.8 Å². The maximum atomic E-state index is 12.3. The highest BCUT2D eigenvalue weighted by Crippen LogP contribution is 2.22. The molecule has 2 aromatic carbocycles. The Hall–Kier alpha value is -2.47. The van der Waals surface area contributed by atoms with E-state index in [1.54, 1.807) is 23.6 Å². The number of hydrogen-bond acceptors (Lipinski definition) is 4. The SMILES string of the molecule is CC(=O)N1CCN(C(=O)CSCc2ccc(Oc3ccccc3)cc2)CC1. The standard InChI is InChI=1S/C21H24N2O3S/c1-17(24)22-11-13-23(14-12-22)21(25)16-27-15-18-7-9-20(10-8-18)26-19-5-3-2-4-6-19/h2-10H,11-16H2,1H3. The molecule has 0 radical (unpaired) electrons. The van der Waals surface area contributed by atoms with E-state index in [4.69, 9.17) is 4.74 Å². The lowest BCUT2D eigenvalue weighted by molar-refractivity contribution is -0.136. The fourth-order valence-corrected chi connectivity index (χ4v) is 3.78. The first-order valence-electron chi connectivity index (χ1n) is 9.05. The van der Waals surface area contributed by atoms with Crippen LogP contribution >= 0.6 is 11.8 Å². The summed E-state index contributed by atoms with van der Waals surface area (Å²) in [6, 6.07) is 17.6. The molecule has 0 aromatic heterocycles. The van der Waals surface area contributed by atoms with Crippen LogP contribution in [-0.4, -0.2) is 53.5 Å². The molecule has 0 aliphatic carbocycles. The second kappa shape index (κ2) is 9.46. The van der Waals surface area contributed by atoms with Gasteiger partial charge in [0.25, 0.3) is 0 Å². The summed E-state index contributed by atoms with van der Waals surface area (Å²) in [4.78, 5) is 27.3. The van der Waals surface area contributed by atoms with Crippen molar-refractivity contribution in [1.82, 2.24) is 9.80 Å². The van der Waals surface area contributed by atoms with Gasteiger partial charge in [-0.25, -0.2) is 0 Å². The molecular formula is C21H24N2O3S. The average molecular weight is 385 g/mol. The number of thioether (sulfide) groups is 1. The third kappa shape index (κ3) is 5.76. The minimum absolute atomic E-state index is 0.0798. The van der Waals surface area contributed by atoms with Gasteiger partial charge >= 0.3 is 0 Å². The Labute approximate surface area is 164 Å². The van der Waals surface area contributed by atoms with Crippen LogP contribution in [0.4, 0.5) is 0 Å². The van der Waals surface area contributed by atoms with Gasteiger partial charge in [0.1, 0.15) is 11.5 Å². The number of piperazine rings is 1. The van der Waals surface area contributed by atoms with Crippen molar-refractivity contribution >= 4 is 23.6 Å². The molecule has 3 rings (SSSR count). The van der Waals surface area contributed by atoms with Crippen molar-refractivity contribution in [3.63, 3.8) is 0 Å². The first-order chi connectivity index (χ1) is 13.1. The first kappa shape index (κ1) is 19.3. The van der Waals surface area contributed by atoms with Crippen LogP contribution in [0.1, 0.15) is 12.5 Å². The molecular weight excluding hydrogens is 360 g/mol. The Bertz CT molecular complexity index is 757. The number of carbonyl (C=O) groups is 2. The zero-order chi connectivity index (χ0) is 19.1. The number of amides is 2. The van der Waals surface area contributed by atoms with Gasteiger partial charge in [-0.05, 0) is 29.8 Å². The van der Waals surface area contributed by atoms with Gasteiger partial charge in [-0.3, -0.25) is 9.59 Å². The predicted molar refractivity (Wildman–Crippen MR) is 108 cm³/mol. The largest absolute Gasteiger partial charge is 0.457 e. The highest BCUT2D eigenvalue weighted by atomic mass is 32.2. The van der Waals surface area contributed by atoms with Gasteiger partial charge in [0.05, 0.1) is 5.75 Å². The van der Waals surface area contributed by atoms with Crippen LogP contribution in [0, 0.1) is 0 Å². The smallest absolute Gasteiger partial charge is 0.232 e. The predicted octanol–water partition coefficient (Wildman–Crippen LogP) is 3.40. The summed E-state index contributed by atoms with van der Waals surface area (Å²) >= 11 is 1.61. The molecule has 1 fully saturated rings. The molecule has 0 unspecified atom stereocenters. The number of carbonyl (C=O) groups excluding carboxylic acids is 2. The summed E-state index contributed by atoms with van der Waals surface area (Å²) in [6.07, 6.45) is 0.